The molecule has 1 unspecified atom stereocenters. The Morgan fingerprint density at radius 2 is 1.83 bits per heavy atom. The molecular formula is C16H30O6Si. The average molecular weight is 346 g/mol. The van der Waals surface area contributed by atoms with Gasteiger partial charge in [-0.05, 0) is 32.0 Å². The zero-order valence-electron chi connectivity index (χ0n) is 15.5. The third kappa shape index (κ3) is 4.14. The van der Waals surface area contributed by atoms with Gasteiger partial charge in [-0.15, -0.1) is 0 Å². The van der Waals surface area contributed by atoms with Gasteiger partial charge in [0.1, 0.15) is 18.3 Å². The lowest BCUT2D eigenvalue weighted by atomic mass is 10.1. The van der Waals surface area contributed by atoms with Crippen LogP contribution < -0.4 is 0 Å². The summed E-state index contributed by atoms with van der Waals surface area (Å²) in [5, 5.41) is 0.0235. The second-order valence-corrected chi connectivity index (χ2v) is 13.0. The van der Waals surface area contributed by atoms with Crippen molar-refractivity contribution in [3.05, 3.63) is 0 Å². The number of ether oxygens (including phenoxy) is 4. The number of fused-ring (bicyclic) bond motifs is 1. The van der Waals surface area contributed by atoms with Crippen molar-refractivity contribution in [2.24, 2.45) is 0 Å². The highest BCUT2D eigenvalue weighted by Crippen LogP contribution is 2.42. The molecule has 23 heavy (non-hydrogen) atoms. The normalized spacial score (nSPS) is 34.1. The van der Waals surface area contributed by atoms with E-state index in [0.29, 0.717) is 6.61 Å². The van der Waals surface area contributed by atoms with Crippen LogP contribution >= 0.6 is 0 Å². The highest BCUT2D eigenvalue weighted by Gasteiger charge is 2.55. The molecule has 2 aliphatic rings. The maximum Gasteiger partial charge on any atom is 0.305 e. The summed E-state index contributed by atoms with van der Waals surface area (Å²) >= 11 is 0. The van der Waals surface area contributed by atoms with Crippen molar-refractivity contribution < 1.29 is 28.2 Å². The smallest absolute Gasteiger partial charge is 0.305 e. The topological polar surface area (TPSA) is 63.2 Å². The molecular weight excluding hydrogens is 316 g/mol. The van der Waals surface area contributed by atoms with Crippen LogP contribution in [0.15, 0.2) is 0 Å². The average Bonchev–Trinajstić information content (AvgIpc) is 2.65. The fraction of sp³-hybridized carbons (Fsp3) is 0.938. The van der Waals surface area contributed by atoms with Crippen LogP contribution in [0, 0.1) is 0 Å². The minimum Gasteiger partial charge on any atom is -0.433 e. The van der Waals surface area contributed by atoms with Crippen molar-refractivity contribution in [3.63, 3.8) is 0 Å². The minimum absolute atomic E-state index is 0.0235. The van der Waals surface area contributed by atoms with Gasteiger partial charge in [-0.25, -0.2) is 0 Å². The molecule has 2 saturated heterocycles. The van der Waals surface area contributed by atoms with Gasteiger partial charge < -0.3 is 23.4 Å². The molecule has 2 fully saturated rings. The van der Waals surface area contributed by atoms with Crippen molar-refractivity contribution >= 4 is 14.3 Å². The van der Waals surface area contributed by atoms with E-state index in [9.17, 15) is 4.79 Å². The number of carbonyl (C=O) groups excluding carboxylic acids is 1. The first-order valence-electron chi connectivity index (χ1n) is 8.15. The van der Waals surface area contributed by atoms with Gasteiger partial charge in [-0.1, -0.05) is 20.8 Å². The Labute approximate surface area is 139 Å². The predicted octanol–water partition coefficient (Wildman–Crippen LogP) is 2.82. The second-order valence-electron chi connectivity index (χ2n) is 8.29. The predicted molar refractivity (Wildman–Crippen MR) is 87.4 cm³/mol. The highest BCUT2D eigenvalue weighted by atomic mass is 28.4. The third-order valence-electron chi connectivity index (χ3n) is 4.76. The first kappa shape index (κ1) is 18.9. The lowest BCUT2D eigenvalue weighted by Gasteiger charge is -2.44. The van der Waals surface area contributed by atoms with Crippen LogP contribution in [0.5, 0.6) is 0 Å². The van der Waals surface area contributed by atoms with Gasteiger partial charge in [0.2, 0.25) is 6.29 Å². The summed E-state index contributed by atoms with van der Waals surface area (Å²) in [4.78, 5) is 11.4. The summed E-state index contributed by atoms with van der Waals surface area (Å²) in [5.41, 5.74) is 0. The Morgan fingerprint density at radius 1 is 1.22 bits per heavy atom. The molecule has 0 aromatic rings. The van der Waals surface area contributed by atoms with Gasteiger partial charge in [0.05, 0.1) is 6.61 Å². The molecule has 0 aliphatic carbocycles. The van der Waals surface area contributed by atoms with E-state index in [1.807, 2.05) is 13.8 Å². The van der Waals surface area contributed by atoms with E-state index >= 15 is 0 Å². The van der Waals surface area contributed by atoms with E-state index in [2.05, 4.69) is 33.9 Å². The summed E-state index contributed by atoms with van der Waals surface area (Å²) in [6.07, 6.45) is -1.77. The van der Waals surface area contributed by atoms with Gasteiger partial charge in [-0.2, -0.15) is 0 Å². The third-order valence-corrected chi connectivity index (χ3v) is 9.23. The maximum absolute atomic E-state index is 11.4. The standard InChI is InChI=1S/C16H30O6Si/c1-10(17)19-14-13(22-23(7,8)15(2,3)4)12-11(9-18-14)20-16(5,6)21-12/h11-14H,9H2,1-8H3/t11-,12-,13+,14?/m0/s1. The van der Waals surface area contributed by atoms with Gasteiger partial charge >= 0.3 is 5.97 Å². The first-order valence-corrected chi connectivity index (χ1v) is 11.1. The molecule has 7 heteroatoms. The van der Waals surface area contributed by atoms with Crippen LogP contribution in [0.1, 0.15) is 41.5 Å². The van der Waals surface area contributed by atoms with Gasteiger partial charge in [0.15, 0.2) is 14.1 Å². The number of rotatable bonds is 3. The molecule has 0 spiro atoms. The SMILES string of the molecule is CC(=O)OC1OC[C@@H]2OC(C)(C)O[C@@H]2[C@H]1O[Si](C)(C)C(C)(C)C. The number of hydrogen-bond acceptors (Lipinski definition) is 6. The Hall–Kier alpha value is -0.473. The fourth-order valence-corrected chi connectivity index (χ4v) is 3.89. The molecule has 0 aromatic carbocycles. The number of carbonyl (C=O) groups is 1. The lowest BCUT2D eigenvalue weighted by molar-refractivity contribution is -0.240. The van der Waals surface area contributed by atoms with E-state index < -0.39 is 32.5 Å². The zero-order chi connectivity index (χ0) is 17.6. The van der Waals surface area contributed by atoms with E-state index in [1.165, 1.54) is 6.92 Å². The molecule has 6 nitrogen and oxygen atoms in total. The van der Waals surface area contributed by atoms with E-state index in [1.54, 1.807) is 0 Å². The first-order chi connectivity index (χ1) is 10.3. The van der Waals surface area contributed by atoms with Crippen LogP contribution in [0.3, 0.4) is 0 Å². The van der Waals surface area contributed by atoms with Crippen molar-refractivity contribution in [2.75, 3.05) is 6.61 Å². The van der Waals surface area contributed by atoms with Gasteiger partial charge in [-0.3, -0.25) is 4.79 Å². The summed E-state index contributed by atoms with van der Waals surface area (Å²) in [5.74, 6) is -1.09. The van der Waals surface area contributed by atoms with E-state index in [-0.39, 0.29) is 17.2 Å². The lowest BCUT2D eigenvalue weighted by Crippen LogP contribution is -2.58. The molecule has 0 radical (unpaired) electrons. The molecule has 0 amide bonds. The van der Waals surface area contributed by atoms with Crippen molar-refractivity contribution in [3.8, 4) is 0 Å². The molecule has 0 bridgehead atoms. The zero-order valence-corrected chi connectivity index (χ0v) is 16.5. The summed E-state index contributed by atoms with van der Waals surface area (Å²) < 4.78 is 29.5. The molecule has 134 valence electrons. The molecule has 0 N–H and O–H groups in total. The van der Waals surface area contributed by atoms with Crippen LogP contribution in [0.25, 0.3) is 0 Å². The van der Waals surface area contributed by atoms with Gasteiger partial charge in [0, 0.05) is 6.92 Å². The van der Waals surface area contributed by atoms with Gasteiger partial charge in [0.25, 0.3) is 0 Å². The summed E-state index contributed by atoms with van der Waals surface area (Å²) in [6.45, 7) is 16.2. The van der Waals surface area contributed by atoms with Crippen LogP contribution in [0.4, 0.5) is 0 Å². The molecule has 2 aliphatic heterocycles. The highest BCUT2D eigenvalue weighted by molar-refractivity contribution is 6.74. The van der Waals surface area contributed by atoms with E-state index in [4.69, 9.17) is 23.4 Å². The van der Waals surface area contributed by atoms with Crippen molar-refractivity contribution in [1.82, 2.24) is 0 Å². The monoisotopic (exact) mass is 346 g/mol. The largest absolute Gasteiger partial charge is 0.433 e. The molecule has 0 aromatic heterocycles. The van der Waals surface area contributed by atoms with E-state index in [0.717, 1.165) is 0 Å². The Balaban J connectivity index is 2.25. The minimum atomic E-state index is -2.10. The maximum atomic E-state index is 11.4. The molecule has 2 rings (SSSR count). The van der Waals surface area contributed by atoms with Crippen molar-refractivity contribution in [1.29, 1.82) is 0 Å². The quantitative estimate of drug-likeness (QED) is 0.578. The van der Waals surface area contributed by atoms with Crippen LogP contribution in [-0.2, 0) is 28.2 Å². The number of hydrogen-bond donors (Lipinski definition) is 0. The van der Waals surface area contributed by atoms with Crippen molar-refractivity contribution in [2.45, 2.75) is 90.1 Å². The molecule has 4 atom stereocenters. The second kappa shape index (κ2) is 6.11. The fourth-order valence-electron chi connectivity index (χ4n) is 2.61. The Kier molecular flexibility index (Phi) is 5.01. The summed E-state index contributed by atoms with van der Waals surface area (Å²) in [6, 6.07) is 0. The number of esters is 1. The molecule has 2 heterocycles. The Morgan fingerprint density at radius 3 is 2.35 bits per heavy atom. The molecule has 0 saturated carbocycles. The van der Waals surface area contributed by atoms with Crippen LogP contribution in [0.2, 0.25) is 18.1 Å². The summed E-state index contributed by atoms with van der Waals surface area (Å²) in [7, 11) is -2.10. The van der Waals surface area contributed by atoms with Crippen LogP contribution in [-0.4, -0.2) is 51.3 Å². The Bertz CT molecular complexity index is 456.